The number of fused-ring (bicyclic) bond motifs is 3. The molecule has 2 N–H and O–H groups in total. The molecule has 9 fully saturated rings. The van der Waals surface area contributed by atoms with Crippen molar-refractivity contribution in [3.05, 3.63) is 131 Å². The van der Waals surface area contributed by atoms with Gasteiger partial charge in [0, 0.05) is 69.7 Å². The average molecular weight is 1820 g/mol. The van der Waals surface area contributed by atoms with Crippen molar-refractivity contribution in [3.8, 4) is 51.8 Å². The number of hydrogen-bond acceptors (Lipinski definition) is 24. The minimum Gasteiger partial charge on any atom is -0.471 e. The van der Waals surface area contributed by atoms with Gasteiger partial charge in [0.1, 0.15) is 63.7 Å². The summed E-state index contributed by atoms with van der Waals surface area (Å²) >= 11 is 3.61. The number of H-pyrrole nitrogens is 1. The highest BCUT2D eigenvalue weighted by atomic mass is 79.9. The summed E-state index contributed by atoms with van der Waals surface area (Å²) in [5.74, 6) is 1.46. The molecule has 32 heteroatoms. The molecule has 9 aliphatic heterocycles. The second-order valence-corrected chi connectivity index (χ2v) is 39.6. The van der Waals surface area contributed by atoms with Gasteiger partial charge in [0.25, 0.3) is 0 Å². The summed E-state index contributed by atoms with van der Waals surface area (Å²) in [6, 6.07) is 19.1. The van der Waals surface area contributed by atoms with Crippen LogP contribution < -0.4 is 19.5 Å². The molecule has 5 atom stereocenters. The third-order valence-corrected chi connectivity index (χ3v) is 27.6. The number of ether oxygens (including phenoxy) is 10. The third kappa shape index (κ3) is 20.5. The standard InChI is InChI=1S/C33H41N5O5.C28H34BrN5O4.C23H25N5O2.C11H19BO3.ClH/c1-32(2,3)43-31(39)37-14-13-33(11-12-33)27(21-37)42-28-20-34-19-25(35-28)30-24-18-23(22-9-16-40-17-10-22)7-8-26(24)38(36-30)29-6-4-5-15-41-29;1-27(2,3)38-26(35)33-12-11-28(9-10-28)22(17-33)37-23-16-30-15-20(31-23)25-19-14-18(29)7-8-21(19)34(32-25)24-6-4-5-13-36-24;1-2-18-17(11-16(1)15-3-9-29-10-4-15)22(28-27-18)19-12-25-14-21(26-19)30-20-13-24-8-7-23(20)5-6-23;1-10(2)11(3,4)15-12(14-10)9-5-7-13-8-6-9;/h7-9,18-20,27,29H,4-6,10-17,21H2,1-3H3;7-8,14-16,22,24H,4-6,9-13,17H2,1-3H3;1-3,11-12,14,20,24H,4-10,13H2,(H,27,28);5H,6-8H2,1-4H3;1H/t27-,29?;22-,24?;20-;;/m000../s1. The molecule has 6 saturated heterocycles. The van der Waals surface area contributed by atoms with Gasteiger partial charge in [-0.05, 0) is 262 Å². The first kappa shape index (κ1) is 89.9. The van der Waals surface area contributed by atoms with Crippen molar-refractivity contribution in [2.75, 3.05) is 92.1 Å². The number of benzene rings is 3. The van der Waals surface area contributed by atoms with Crippen molar-refractivity contribution in [2.45, 2.75) is 238 Å². The molecule has 2 amide bonds. The Morgan fingerprint density at radius 3 is 1.43 bits per heavy atom. The van der Waals surface area contributed by atoms with Gasteiger partial charge in [0.2, 0.25) is 17.6 Å². The van der Waals surface area contributed by atoms with Crippen LogP contribution in [0.15, 0.2) is 120 Å². The predicted octanol–water partition coefficient (Wildman–Crippen LogP) is 18.0. The molecule has 3 aliphatic carbocycles. The molecule has 29 nitrogen and oxygen atoms in total. The van der Waals surface area contributed by atoms with Crippen LogP contribution in [0, 0.1) is 16.2 Å². The van der Waals surface area contributed by atoms with E-state index < -0.39 is 11.2 Å². The minimum absolute atomic E-state index is 0. The third-order valence-electron chi connectivity index (χ3n) is 27.1. The number of hydrogen-bond donors (Lipinski definition) is 2. The number of carbonyl (C=O) groups is 2. The number of nitrogens with one attached hydrogen (secondary N) is 2. The lowest BCUT2D eigenvalue weighted by Crippen LogP contribution is -2.51. The van der Waals surface area contributed by atoms with Gasteiger partial charge in [-0.15, -0.1) is 12.4 Å². The van der Waals surface area contributed by atoms with E-state index >= 15 is 0 Å². The summed E-state index contributed by atoms with van der Waals surface area (Å²) < 4.78 is 76.0. The van der Waals surface area contributed by atoms with Crippen LogP contribution in [0.5, 0.6) is 17.6 Å². The van der Waals surface area contributed by atoms with Gasteiger partial charge in [0.05, 0.1) is 118 Å². The van der Waals surface area contributed by atoms with Gasteiger partial charge in [-0.2, -0.15) is 15.3 Å². The molecule has 127 heavy (non-hydrogen) atoms. The van der Waals surface area contributed by atoms with Crippen LogP contribution in [0.25, 0.3) is 78.0 Å². The molecule has 12 aliphatic rings. The Labute approximate surface area is 757 Å². The molecule has 6 aromatic heterocycles. The zero-order chi connectivity index (χ0) is 87.2. The fraction of sp³-hybridized carbons (Fsp3) is 0.568. The van der Waals surface area contributed by atoms with Gasteiger partial charge >= 0.3 is 19.3 Å². The maximum atomic E-state index is 12.9. The molecular formula is C95H120BBrClN15O14. The van der Waals surface area contributed by atoms with Gasteiger partial charge < -0.3 is 71.8 Å². The van der Waals surface area contributed by atoms with Crippen LogP contribution in [-0.4, -0.2) is 222 Å². The van der Waals surface area contributed by atoms with E-state index in [9.17, 15) is 9.59 Å². The van der Waals surface area contributed by atoms with Gasteiger partial charge in [-0.3, -0.25) is 20.1 Å². The molecule has 3 saturated carbocycles. The van der Waals surface area contributed by atoms with E-state index in [4.69, 9.17) is 81.8 Å². The van der Waals surface area contributed by atoms with Crippen LogP contribution in [0.1, 0.15) is 208 Å². The summed E-state index contributed by atoms with van der Waals surface area (Å²) in [6.45, 7) is 29.6. The first-order valence-electron chi connectivity index (χ1n) is 45.4. The van der Waals surface area contributed by atoms with Crippen LogP contribution in [0.3, 0.4) is 0 Å². The lowest BCUT2D eigenvalue weighted by atomic mass is 9.75. The first-order valence-corrected chi connectivity index (χ1v) is 46.2. The first-order chi connectivity index (χ1) is 60.7. The monoisotopic (exact) mass is 1820 g/mol. The quantitative estimate of drug-likeness (QED) is 0.0956. The molecule has 9 aromatic rings. The van der Waals surface area contributed by atoms with Crippen LogP contribution in [-0.2, 0) is 42.5 Å². The number of rotatable bonds is 14. The lowest BCUT2D eigenvalue weighted by molar-refractivity contribution is -0.0366. The number of aromatic nitrogens is 12. The van der Waals surface area contributed by atoms with Crippen LogP contribution >= 0.6 is 28.3 Å². The van der Waals surface area contributed by atoms with Gasteiger partial charge in [0.15, 0.2) is 12.5 Å². The number of piperidine rings is 3. The van der Waals surface area contributed by atoms with Gasteiger partial charge in [-0.1, -0.05) is 46.3 Å². The maximum Gasteiger partial charge on any atom is 0.490 e. The number of aromatic amines is 1. The van der Waals surface area contributed by atoms with Crippen molar-refractivity contribution < 1.29 is 66.3 Å². The van der Waals surface area contributed by atoms with E-state index in [0.717, 1.165) is 202 Å². The normalized spacial score (nSPS) is 23.7. The van der Waals surface area contributed by atoms with Crippen LogP contribution in [0.2, 0.25) is 0 Å². The number of halogens is 2. The average Bonchev–Trinajstić information content (AvgIpc) is 1.60. The Balaban J connectivity index is 0.000000125. The fourth-order valence-corrected chi connectivity index (χ4v) is 18.8. The summed E-state index contributed by atoms with van der Waals surface area (Å²) in [6.07, 6.45) is 34.5. The van der Waals surface area contributed by atoms with Crippen molar-refractivity contribution in [2.24, 2.45) is 16.2 Å². The zero-order valence-electron chi connectivity index (χ0n) is 74.8. The second-order valence-electron chi connectivity index (χ2n) is 38.7. The summed E-state index contributed by atoms with van der Waals surface area (Å²) in [4.78, 5) is 57.1. The highest BCUT2D eigenvalue weighted by molar-refractivity contribution is 9.10. The molecule has 21 rings (SSSR count). The summed E-state index contributed by atoms with van der Waals surface area (Å²) in [5.41, 5.74) is 12.5. The fourth-order valence-electron chi connectivity index (χ4n) is 18.5. The number of likely N-dealkylation sites (tertiary alicyclic amines) is 2. The van der Waals surface area contributed by atoms with E-state index in [1.807, 2.05) is 57.0 Å². The van der Waals surface area contributed by atoms with E-state index in [0.29, 0.717) is 80.4 Å². The molecule has 3 aromatic carbocycles. The molecule has 2 unspecified atom stereocenters. The number of nitrogens with zero attached hydrogens (tertiary/aromatic N) is 13. The SMILES string of the molecule is C1=C(c2ccc3[nH]nc(-c4cncc(O[C@H]5CNCCC56CC6)n4)c3c2)CCOC1.CC(C)(C)OC(=O)N1CCC2(CC2)[C@@H](Oc2cncc(-c3nn(C4CCCCO4)c4ccc(Br)cc34)n2)C1.CC(C)(C)OC(=O)N1CCC2(CC2)[C@@H](Oc2cncc(-c3nn(C4CCCCO4)c4ccc(C5=CCOCC5)cc34)n2)C1.CC1(C)OB(C2=CCOCC2)OC1(C)C.Cl. The van der Waals surface area contributed by atoms with E-state index in [1.54, 1.807) is 47.0 Å². The number of amides is 2. The topological polar surface area (TPSA) is 305 Å². The number of carbonyl (C=O) groups excluding carboxylic acids is 2. The Bertz CT molecular complexity index is 5530. The molecule has 676 valence electrons. The van der Waals surface area contributed by atoms with Crippen molar-refractivity contribution in [1.82, 2.24) is 74.8 Å². The molecule has 3 spiro atoms. The Morgan fingerprint density at radius 2 is 0.969 bits per heavy atom. The molecule has 0 bridgehead atoms. The second kappa shape index (κ2) is 37.5. The Hall–Kier alpha value is -9.02. The summed E-state index contributed by atoms with van der Waals surface area (Å²) in [5, 5.41) is 24.2. The highest BCUT2D eigenvalue weighted by Gasteiger charge is 2.57. The summed E-state index contributed by atoms with van der Waals surface area (Å²) in [7, 11) is -0.182. The molecule has 0 radical (unpaired) electrons. The molecule has 15 heterocycles. The Morgan fingerprint density at radius 1 is 0.512 bits per heavy atom. The zero-order valence-corrected chi connectivity index (χ0v) is 77.2. The maximum absolute atomic E-state index is 12.9. The largest absolute Gasteiger partial charge is 0.490 e. The smallest absolute Gasteiger partial charge is 0.471 e. The van der Waals surface area contributed by atoms with E-state index in [-0.39, 0.29) is 84.5 Å². The predicted molar refractivity (Wildman–Crippen MR) is 488 cm³/mol. The highest BCUT2D eigenvalue weighted by Crippen LogP contribution is 2.57. The van der Waals surface area contributed by atoms with Gasteiger partial charge in [-0.25, -0.2) is 33.9 Å². The van der Waals surface area contributed by atoms with Crippen molar-refractivity contribution >= 4 is 91.5 Å². The van der Waals surface area contributed by atoms with Crippen molar-refractivity contribution in [1.29, 1.82) is 0 Å². The lowest BCUT2D eigenvalue weighted by Gasteiger charge is -2.39. The Kier molecular flexibility index (Phi) is 26.5. The van der Waals surface area contributed by atoms with Crippen LogP contribution in [0.4, 0.5) is 9.59 Å². The van der Waals surface area contributed by atoms with Crippen molar-refractivity contribution in [3.63, 3.8) is 0 Å². The van der Waals surface area contributed by atoms with E-state index in [1.165, 1.54) is 47.0 Å². The van der Waals surface area contributed by atoms with E-state index in [2.05, 4.69) is 141 Å². The molecular weight excluding hydrogens is 1700 g/mol. The minimum atomic E-state index is -0.544.